The number of aryl methyl sites for hydroxylation is 1. The van der Waals surface area contributed by atoms with Gasteiger partial charge in [-0.2, -0.15) is 0 Å². The molecule has 1 unspecified atom stereocenters. The summed E-state index contributed by atoms with van der Waals surface area (Å²) in [5.41, 5.74) is 2.88. The van der Waals surface area contributed by atoms with E-state index in [0.717, 1.165) is 12.2 Å². The van der Waals surface area contributed by atoms with Crippen LogP contribution in [-0.2, 0) is 6.42 Å². The van der Waals surface area contributed by atoms with Gasteiger partial charge in [0.05, 0.1) is 7.11 Å². The van der Waals surface area contributed by atoms with E-state index in [-0.39, 0.29) is 0 Å². The highest BCUT2D eigenvalue weighted by molar-refractivity contribution is 5.37. The first kappa shape index (κ1) is 12.1. The molecule has 0 spiro atoms. The van der Waals surface area contributed by atoms with E-state index in [4.69, 9.17) is 4.74 Å². The van der Waals surface area contributed by atoms with Crippen LogP contribution in [0.5, 0.6) is 5.75 Å². The summed E-state index contributed by atoms with van der Waals surface area (Å²) in [6.45, 7) is 9.04. The van der Waals surface area contributed by atoms with Crippen LogP contribution in [0.1, 0.15) is 44.7 Å². The van der Waals surface area contributed by atoms with E-state index in [2.05, 4.69) is 45.9 Å². The SMILES string of the molecule is CCc1cc(OC)ccc1C(C)C(C)C. The van der Waals surface area contributed by atoms with Crippen molar-refractivity contribution in [1.29, 1.82) is 0 Å². The molecule has 15 heavy (non-hydrogen) atoms. The summed E-state index contributed by atoms with van der Waals surface area (Å²) in [5.74, 6) is 2.26. The first-order valence-electron chi connectivity index (χ1n) is 5.77. The molecule has 0 heterocycles. The maximum atomic E-state index is 5.25. The van der Waals surface area contributed by atoms with E-state index in [9.17, 15) is 0 Å². The molecule has 1 aromatic rings. The Labute approximate surface area is 93.5 Å². The third-order valence-electron chi connectivity index (χ3n) is 3.22. The molecule has 0 saturated carbocycles. The Kier molecular flexibility index (Phi) is 4.19. The molecule has 1 aromatic carbocycles. The van der Waals surface area contributed by atoms with Crippen molar-refractivity contribution in [1.82, 2.24) is 0 Å². The second-order valence-electron chi connectivity index (χ2n) is 4.45. The zero-order valence-electron chi connectivity index (χ0n) is 10.5. The molecule has 0 amide bonds. The summed E-state index contributed by atoms with van der Waals surface area (Å²) in [6, 6.07) is 6.43. The lowest BCUT2D eigenvalue weighted by atomic mass is 9.86. The highest BCUT2D eigenvalue weighted by Crippen LogP contribution is 2.29. The Balaban J connectivity index is 3.07. The molecule has 1 atom stereocenters. The Morgan fingerprint density at radius 1 is 1.20 bits per heavy atom. The molecular formula is C14H22O. The summed E-state index contributed by atoms with van der Waals surface area (Å²) < 4.78 is 5.25. The van der Waals surface area contributed by atoms with Gasteiger partial charge in [0, 0.05) is 0 Å². The highest BCUT2D eigenvalue weighted by Gasteiger charge is 2.13. The largest absolute Gasteiger partial charge is 0.497 e. The van der Waals surface area contributed by atoms with Gasteiger partial charge < -0.3 is 4.74 Å². The molecule has 0 N–H and O–H groups in total. The monoisotopic (exact) mass is 206 g/mol. The first-order valence-corrected chi connectivity index (χ1v) is 5.77. The number of rotatable bonds is 4. The summed E-state index contributed by atoms with van der Waals surface area (Å²) in [4.78, 5) is 0. The zero-order valence-corrected chi connectivity index (χ0v) is 10.5. The lowest BCUT2D eigenvalue weighted by molar-refractivity contribution is 0.413. The van der Waals surface area contributed by atoms with Crippen molar-refractivity contribution in [2.24, 2.45) is 5.92 Å². The van der Waals surface area contributed by atoms with Gasteiger partial charge >= 0.3 is 0 Å². The van der Waals surface area contributed by atoms with Crippen LogP contribution in [0.25, 0.3) is 0 Å². The number of ether oxygens (including phenoxy) is 1. The van der Waals surface area contributed by atoms with Gasteiger partial charge in [-0.05, 0) is 41.5 Å². The average Bonchev–Trinajstić information content (AvgIpc) is 2.27. The number of methoxy groups -OCH3 is 1. The van der Waals surface area contributed by atoms with E-state index in [1.807, 2.05) is 0 Å². The minimum atomic E-state index is 0.617. The van der Waals surface area contributed by atoms with Crippen molar-refractivity contribution in [3.8, 4) is 5.75 Å². The lowest BCUT2D eigenvalue weighted by Crippen LogP contribution is -2.05. The van der Waals surface area contributed by atoms with E-state index in [1.165, 1.54) is 11.1 Å². The summed E-state index contributed by atoms with van der Waals surface area (Å²) >= 11 is 0. The van der Waals surface area contributed by atoms with Crippen LogP contribution in [0.4, 0.5) is 0 Å². The molecule has 1 rings (SSSR count). The topological polar surface area (TPSA) is 9.23 Å². The van der Waals surface area contributed by atoms with Gasteiger partial charge in [0.1, 0.15) is 5.75 Å². The molecule has 0 radical (unpaired) electrons. The van der Waals surface area contributed by atoms with Crippen LogP contribution < -0.4 is 4.74 Å². The molecule has 0 saturated heterocycles. The van der Waals surface area contributed by atoms with Gasteiger partial charge in [0.15, 0.2) is 0 Å². The lowest BCUT2D eigenvalue weighted by Gasteiger charge is -2.20. The predicted octanol–water partition coefficient (Wildman–Crippen LogP) is 4.02. The third kappa shape index (κ3) is 2.74. The smallest absolute Gasteiger partial charge is 0.119 e. The maximum Gasteiger partial charge on any atom is 0.119 e. The highest BCUT2D eigenvalue weighted by atomic mass is 16.5. The number of hydrogen-bond donors (Lipinski definition) is 0. The van der Waals surface area contributed by atoms with Crippen LogP contribution in [0.15, 0.2) is 18.2 Å². The van der Waals surface area contributed by atoms with Crippen LogP contribution in [-0.4, -0.2) is 7.11 Å². The normalized spacial score (nSPS) is 12.9. The Morgan fingerprint density at radius 2 is 1.87 bits per heavy atom. The first-order chi connectivity index (χ1) is 7.10. The summed E-state index contributed by atoms with van der Waals surface area (Å²) in [7, 11) is 1.72. The second kappa shape index (κ2) is 5.20. The predicted molar refractivity (Wildman–Crippen MR) is 65.6 cm³/mol. The Hall–Kier alpha value is -0.980. The fourth-order valence-electron chi connectivity index (χ4n) is 1.82. The van der Waals surface area contributed by atoms with Crippen molar-refractivity contribution in [3.63, 3.8) is 0 Å². The fraction of sp³-hybridized carbons (Fsp3) is 0.571. The quantitative estimate of drug-likeness (QED) is 0.723. The van der Waals surface area contributed by atoms with Crippen LogP contribution in [0.2, 0.25) is 0 Å². The van der Waals surface area contributed by atoms with Gasteiger partial charge in [0.25, 0.3) is 0 Å². The number of hydrogen-bond acceptors (Lipinski definition) is 1. The molecule has 1 heteroatoms. The van der Waals surface area contributed by atoms with Crippen molar-refractivity contribution in [2.45, 2.75) is 40.0 Å². The van der Waals surface area contributed by atoms with Gasteiger partial charge in [-0.25, -0.2) is 0 Å². The summed E-state index contributed by atoms with van der Waals surface area (Å²) in [6.07, 6.45) is 1.07. The Morgan fingerprint density at radius 3 is 2.33 bits per heavy atom. The molecule has 0 aliphatic carbocycles. The van der Waals surface area contributed by atoms with Gasteiger partial charge in [-0.3, -0.25) is 0 Å². The van der Waals surface area contributed by atoms with Crippen molar-refractivity contribution in [2.75, 3.05) is 7.11 Å². The van der Waals surface area contributed by atoms with Crippen LogP contribution in [0.3, 0.4) is 0 Å². The molecule has 0 fully saturated rings. The molecule has 1 nitrogen and oxygen atoms in total. The van der Waals surface area contributed by atoms with Crippen molar-refractivity contribution < 1.29 is 4.74 Å². The minimum Gasteiger partial charge on any atom is -0.497 e. The standard InChI is InChI=1S/C14H22O/c1-6-12-9-13(15-5)7-8-14(12)11(4)10(2)3/h7-11H,6H2,1-5H3. The molecular weight excluding hydrogens is 184 g/mol. The Bertz CT molecular complexity index is 315. The molecule has 0 aliphatic heterocycles. The third-order valence-corrected chi connectivity index (χ3v) is 3.22. The molecule has 0 bridgehead atoms. The van der Waals surface area contributed by atoms with Crippen LogP contribution >= 0.6 is 0 Å². The minimum absolute atomic E-state index is 0.617. The van der Waals surface area contributed by atoms with E-state index < -0.39 is 0 Å². The second-order valence-corrected chi connectivity index (χ2v) is 4.45. The average molecular weight is 206 g/mol. The fourth-order valence-corrected chi connectivity index (χ4v) is 1.82. The van der Waals surface area contributed by atoms with Crippen molar-refractivity contribution in [3.05, 3.63) is 29.3 Å². The van der Waals surface area contributed by atoms with E-state index in [0.29, 0.717) is 11.8 Å². The molecule has 0 aromatic heterocycles. The zero-order chi connectivity index (χ0) is 11.4. The van der Waals surface area contributed by atoms with Crippen molar-refractivity contribution >= 4 is 0 Å². The summed E-state index contributed by atoms with van der Waals surface area (Å²) in [5, 5.41) is 0. The van der Waals surface area contributed by atoms with Gasteiger partial charge in [-0.1, -0.05) is 33.8 Å². The van der Waals surface area contributed by atoms with E-state index in [1.54, 1.807) is 7.11 Å². The van der Waals surface area contributed by atoms with Gasteiger partial charge in [-0.15, -0.1) is 0 Å². The van der Waals surface area contributed by atoms with E-state index >= 15 is 0 Å². The van der Waals surface area contributed by atoms with Gasteiger partial charge in [0.2, 0.25) is 0 Å². The van der Waals surface area contributed by atoms with Crippen LogP contribution in [0, 0.1) is 5.92 Å². The maximum absolute atomic E-state index is 5.25. The number of benzene rings is 1. The molecule has 0 aliphatic rings. The molecule has 84 valence electrons.